The molecule has 1 saturated carbocycles. The predicted octanol–water partition coefficient (Wildman–Crippen LogP) is 3.04. The number of nitrogens with zero attached hydrogens (tertiary/aromatic N) is 2. The first-order valence-electron chi connectivity index (χ1n) is 12.3. The van der Waals surface area contributed by atoms with Gasteiger partial charge < -0.3 is 20.5 Å². The van der Waals surface area contributed by atoms with E-state index < -0.39 is 17.5 Å². The highest BCUT2D eigenvalue weighted by Gasteiger charge is 2.47. The lowest BCUT2D eigenvalue weighted by atomic mass is 9.73. The molecule has 2 fully saturated rings. The molecule has 2 unspecified atom stereocenters. The second-order valence-corrected chi connectivity index (χ2v) is 9.36. The van der Waals surface area contributed by atoms with Gasteiger partial charge in [-0.05, 0) is 62.4 Å². The monoisotopic (exact) mass is 466 g/mol. The van der Waals surface area contributed by atoms with Crippen LogP contribution in [0.3, 0.4) is 0 Å². The van der Waals surface area contributed by atoms with Gasteiger partial charge in [0.2, 0.25) is 5.91 Å². The first kappa shape index (κ1) is 24.3. The molecule has 2 aliphatic rings. The Morgan fingerprint density at radius 3 is 2.47 bits per heavy atom. The number of anilines is 1. The zero-order chi connectivity index (χ0) is 23.8. The van der Waals surface area contributed by atoms with E-state index in [0.717, 1.165) is 58.0 Å². The molecule has 1 aromatic heterocycles. The molecular formula is C26H34N4O4. The van der Waals surface area contributed by atoms with Gasteiger partial charge in [-0.3, -0.25) is 4.79 Å². The highest BCUT2D eigenvalue weighted by atomic mass is 16.6. The number of benzene rings is 1. The number of aromatic nitrogens is 2. The van der Waals surface area contributed by atoms with Crippen molar-refractivity contribution in [2.45, 2.75) is 50.5 Å². The van der Waals surface area contributed by atoms with Crippen LogP contribution in [-0.2, 0) is 19.9 Å². The van der Waals surface area contributed by atoms with Gasteiger partial charge in [0.15, 0.2) is 11.4 Å². The Morgan fingerprint density at radius 2 is 1.79 bits per heavy atom. The first-order chi connectivity index (χ1) is 16.6. The molecule has 8 heteroatoms. The number of hydrogen-bond donors (Lipinski definition) is 3. The lowest BCUT2D eigenvalue weighted by molar-refractivity contribution is -0.177. The molecule has 8 nitrogen and oxygen atoms in total. The maximum atomic E-state index is 13.5. The summed E-state index contributed by atoms with van der Waals surface area (Å²) >= 11 is 0. The van der Waals surface area contributed by atoms with E-state index >= 15 is 0 Å². The molecular weight excluding hydrogens is 432 g/mol. The summed E-state index contributed by atoms with van der Waals surface area (Å²) in [7, 11) is 0. The maximum Gasteiger partial charge on any atom is 0.343 e. The summed E-state index contributed by atoms with van der Waals surface area (Å²) in [6.07, 6.45) is 7.75. The van der Waals surface area contributed by atoms with Crippen molar-refractivity contribution in [2.75, 3.05) is 25.0 Å². The van der Waals surface area contributed by atoms with Crippen LogP contribution in [0.1, 0.15) is 50.5 Å². The predicted molar refractivity (Wildman–Crippen MR) is 128 cm³/mol. The highest BCUT2D eigenvalue weighted by molar-refractivity contribution is 5.92. The molecule has 0 bridgehead atoms. The van der Waals surface area contributed by atoms with Crippen LogP contribution < -0.4 is 10.6 Å². The Kier molecular flexibility index (Phi) is 8.24. The number of carbonyl (C=O) groups is 2. The molecule has 2 aromatic rings. The second kappa shape index (κ2) is 11.5. The average Bonchev–Trinajstić information content (AvgIpc) is 2.90. The van der Waals surface area contributed by atoms with Crippen molar-refractivity contribution in [2.24, 2.45) is 17.8 Å². The Bertz CT molecular complexity index is 930. The maximum absolute atomic E-state index is 13.5. The molecule has 34 heavy (non-hydrogen) atoms. The second-order valence-electron chi connectivity index (χ2n) is 9.36. The van der Waals surface area contributed by atoms with E-state index in [9.17, 15) is 14.7 Å². The van der Waals surface area contributed by atoms with E-state index in [4.69, 9.17) is 4.74 Å². The number of carbonyl (C=O) groups excluding carboxylic acids is 2. The number of aliphatic hydroxyl groups is 1. The van der Waals surface area contributed by atoms with Crippen molar-refractivity contribution in [3.05, 3.63) is 54.2 Å². The lowest BCUT2D eigenvalue weighted by Gasteiger charge is -2.37. The Hall–Kier alpha value is -2.84. The number of amides is 1. The van der Waals surface area contributed by atoms with Crippen LogP contribution in [0.25, 0.3) is 0 Å². The van der Waals surface area contributed by atoms with Crippen LogP contribution >= 0.6 is 0 Å². The highest BCUT2D eigenvalue weighted by Crippen LogP contribution is 2.40. The summed E-state index contributed by atoms with van der Waals surface area (Å²) < 4.78 is 5.78. The molecule has 0 radical (unpaired) electrons. The van der Waals surface area contributed by atoms with Gasteiger partial charge in [-0.25, -0.2) is 4.79 Å². The Morgan fingerprint density at radius 1 is 1.06 bits per heavy atom. The van der Waals surface area contributed by atoms with Crippen molar-refractivity contribution in [1.29, 1.82) is 0 Å². The fourth-order valence-corrected chi connectivity index (χ4v) is 5.27. The number of rotatable bonds is 8. The summed E-state index contributed by atoms with van der Waals surface area (Å²) in [5.74, 6) is -1.25. The molecule has 1 aliphatic heterocycles. The minimum absolute atomic E-state index is 0.0604. The van der Waals surface area contributed by atoms with Crippen LogP contribution in [0, 0.1) is 17.8 Å². The van der Waals surface area contributed by atoms with Crippen LogP contribution in [0.15, 0.2) is 48.7 Å². The molecule has 1 amide bonds. The van der Waals surface area contributed by atoms with Gasteiger partial charge in [-0.2, -0.15) is 5.10 Å². The van der Waals surface area contributed by atoms with Crippen LogP contribution in [0.2, 0.25) is 0 Å². The molecule has 0 spiro atoms. The molecule has 3 N–H and O–H groups in total. The van der Waals surface area contributed by atoms with Gasteiger partial charge in [-0.1, -0.05) is 49.6 Å². The molecule has 2 heterocycles. The summed E-state index contributed by atoms with van der Waals surface area (Å²) in [5.41, 5.74) is -1.17. The van der Waals surface area contributed by atoms with Crippen molar-refractivity contribution in [3.8, 4) is 0 Å². The zero-order valence-electron chi connectivity index (χ0n) is 19.5. The number of piperidine rings is 1. The van der Waals surface area contributed by atoms with Gasteiger partial charge in [0.1, 0.15) is 6.61 Å². The van der Waals surface area contributed by atoms with E-state index in [2.05, 4.69) is 20.8 Å². The quantitative estimate of drug-likeness (QED) is 0.513. The average molecular weight is 467 g/mol. The topological polar surface area (TPSA) is 113 Å². The standard InChI is InChI=1S/C26H34N4O4/c31-24(29-23-12-7-15-28-30-23)22(19-13-16-27-17-14-19)18-34-25(32)26(33,20-8-3-1-4-9-20)21-10-5-2-6-11-21/h1,3-4,7-9,12,15,19,21-22,27,33H,2,5-6,10-11,13-14,16-18H2,(H,29,30,31). The van der Waals surface area contributed by atoms with Gasteiger partial charge in [-0.15, -0.1) is 5.10 Å². The summed E-state index contributed by atoms with van der Waals surface area (Å²) in [4.78, 5) is 26.7. The Labute approximate surface area is 200 Å². The minimum atomic E-state index is -1.72. The normalized spacial score (nSPS) is 20.1. The SMILES string of the molecule is O=C(Nc1cccnn1)C(COC(=O)C(O)(c1ccccc1)C1CCCCC1)C1CCNCC1. The minimum Gasteiger partial charge on any atom is -0.462 e. The van der Waals surface area contributed by atoms with Crippen molar-refractivity contribution < 1.29 is 19.4 Å². The molecule has 2 atom stereocenters. The van der Waals surface area contributed by atoms with Gasteiger partial charge in [0.25, 0.3) is 0 Å². The third kappa shape index (κ3) is 5.62. The third-order valence-electron chi connectivity index (χ3n) is 7.23. The van der Waals surface area contributed by atoms with Crippen LogP contribution in [0.4, 0.5) is 5.82 Å². The van der Waals surface area contributed by atoms with Gasteiger partial charge in [0.05, 0.1) is 5.92 Å². The molecule has 4 rings (SSSR count). The zero-order valence-corrected chi connectivity index (χ0v) is 19.5. The van der Waals surface area contributed by atoms with E-state index in [1.54, 1.807) is 24.3 Å². The third-order valence-corrected chi connectivity index (χ3v) is 7.23. The summed E-state index contributed by atoms with van der Waals surface area (Å²) in [5, 5.41) is 25.6. The summed E-state index contributed by atoms with van der Waals surface area (Å²) in [6, 6.07) is 12.4. The number of ether oxygens (including phenoxy) is 1. The smallest absolute Gasteiger partial charge is 0.343 e. The van der Waals surface area contributed by atoms with Crippen molar-refractivity contribution in [3.63, 3.8) is 0 Å². The lowest BCUT2D eigenvalue weighted by Crippen LogP contribution is -2.47. The van der Waals surface area contributed by atoms with E-state index in [-0.39, 0.29) is 24.3 Å². The molecule has 1 aromatic carbocycles. The fraction of sp³-hybridized carbons (Fsp3) is 0.538. The number of hydrogen-bond acceptors (Lipinski definition) is 7. The van der Waals surface area contributed by atoms with E-state index in [1.165, 1.54) is 6.20 Å². The van der Waals surface area contributed by atoms with Crippen molar-refractivity contribution in [1.82, 2.24) is 15.5 Å². The van der Waals surface area contributed by atoms with Gasteiger partial charge in [0, 0.05) is 12.1 Å². The fourth-order valence-electron chi connectivity index (χ4n) is 5.27. The molecule has 1 saturated heterocycles. The van der Waals surface area contributed by atoms with Crippen LogP contribution in [-0.4, -0.2) is 46.9 Å². The molecule has 1 aliphatic carbocycles. The summed E-state index contributed by atoms with van der Waals surface area (Å²) in [6.45, 7) is 1.53. The van der Waals surface area contributed by atoms with E-state index in [0.29, 0.717) is 11.4 Å². The van der Waals surface area contributed by atoms with Crippen LogP contribution in [0.5, 0.6) is 0 Å². The number of esters is 1. The first-order valence-corrected chi connectivity index (χ1v) is 12.3. The van der Waals surface area contributed by atoms with Gasteiger partial charge >= 0.3 is 5.97 Å². The largest absolute Gasteiger partial charge is 0.462 e. The number of nitrogens with one attached hydrogen (secondary N) is 2. The van der Waals surface area contributed by atoms with Crippen molar-refractivity contribution >= 4 is 17.7 Å². The Balaban J connectivity index is 1.52. The molecule has 182 valence electrons. The van der Waals surface area contributed by atoms with E-state index in [1.807, 2.05) is 18.2 Å².